The number of phenolic OH excluding ortho intramolecular Hbond substituents is 2. The first-order valence-corrected chi connectivity index (χ1v) is 9.25. The van der Waals surface area contributed by atoms with Crippen molar-refractivity contribution in [3.05, 3.63) is 58.1 Å². The molecule has 0 amide bonds. The molecule has 5 heteroatoms. The summed E-state index contributed by atoms with van der Waals surface area (Å²) < 4.78 is 0.907. The molecule has 0 aliphatic heterocycles. The molecule has 130 valence electrons. The number of halogens is 1. The second kappa shape index (κ2) is 8.30. The van der Waals surface area contributed by atoms with Crippen molar-refractivity contribution < 1.29 is 10.2 Å². The number of aromatic hydroxyl groups is 2. The molecule has 1 saturated carbocycles. The van der Waals surface area contributed by atoms with Crippen molar-refractivity contribution in [3.8, 4) is 11.5 Å². The van der Waals surface area contributed by atoms with E-state index >= 15 is 0 Å². The number of phenols is 2. The SMILES string of the molecule is Oc1ccccc1C=N[C@@H]1CCCC[C@H]1N=Cc1cc(Br)ccc1O. The molecule has 1 fully saturated rings. The van der Waals surface area contributed by atoms with Crippen molar-refractivity contribution in [1.82, 2.24) is 0 Å². The van der Waals surface area contributed by atoms with Crippen LogP contribution in [0.3, 0.4) is 0 Å². The third kappa shape index (κ3) is 4.69. The molecule has 0 unspecified atom stereocenters. The zero-order chi connectivity index (χ0) is 17.6. The second-order valence-corrected chi connectivity index (χ2v) is 7.15. The van der Waals surface area contributed by atoms with Gasteiger partial charge in [0, 0.05) is 28.0 Å². The Balaban J connectivity index is 1.76. The zero-order valence-electron chi connectivity index (χ0n) is 13.8. The first-order chi connectivity index (χ1) is 12.1. The first kappa shape index (κ1) is 17.7. The quantitative estimate of drug-likeness (QED) is 0.729. The molecule has 1 aliphatic carbocycles. The molecular formula is C20H21BrN2O2. The van der Waals surface area contributed by atoms with E-state index in [9.17, 15) is 10.2 Å². The van der Waals surface area contributed by atoms with E-state index in [1.807, 2.05) is 18.2 Å². The summed E-state index contributed by atoms with van der Waals surface area (Å²) in [6.45, 7) is 0. The van der Waals surface area contributed by atoms with Gasteiger partial charge >= 0.3 is 0 Å². The van der Waals surface area contributed by atoms with Crippen molar-refractivity contribution in [1.29, 1.82) is 0 Å². The van der Waals surface area contributed by atoms with Gasteiger partial charge in [0.15, 0.2) is 0 Å². The van der Waals surface area contributed by atoms with Crippen LogP contribution in [0.2, 0.25) is 0 Å². The highest BCUT2D eigenvalue weighted by molar-refractivity contribution is 9.10. The maximum absolute atomic E-state index is 9.94. The first-order valence-electron chi connectivity index (χ1n) is 8.46. The van der Waals surface area contributed by atoms with Crippen molar-refractivity contribution in [3.63, 3.8) is 0 Å². The largest absolute Gasteiger partial charge is 0.507 e. The molecule has 25 heavy (non-hydrogen) atoms. The van der Waals surface area contributed by atoms with E-state index in [0.717, 1.165) is 35.7 Å². The van der Waals surface area contributed by atoms with Gasteiger partial charge in [-0.15, -0.1) is 0 Å². The van der Waals surface area contributed by atoms with Crippen LogP contribution >= 0.6 is 15.9 Å². The van der Waals surface area contributed by atoms with Crippen molar-refractivity contribution in [2.75, 3.05) is 0 Å². The van der Waals surface area contributed by atoms with Gasteiger partial charge in [-0.25, -0.2) is 0 Å². The fourth-order valence-corrected chi connectivity index (χ4v) is 3.40. The summed E-state index contributed by atoms with van der Waals surface area (Å²) in [7, 11) is 0. The number of rotatable bonds is 4. The minimum Gasteiger partial charge on any atom is -0.507 e. The minimum absolute atomic E-state index is 0.0919. The van der Waals surface area contributed by atoms with Gasteiger partial charge in [0.05, 0.1) is 12.1 Å². The Bertz CT molecular complexity index is 789. The highest BCUT2D eigenvalue weighted by atomic mass is 79.9. The van der Waals surface area contributed by atoms with E-state index < -0.39 is 0 Å². The Hall–Kier alpha value is -2.14. The molecule has 2 aromatic rings. The topological polar surface area (TPSA) is 65.2 Å². The van der Waals surface area contributed by atoms with Crippen LogP contribution < -0.4 is 0 Å². The normalized spacial score (nSPS) is 21.2. The van der Waals surface area contributed by atoms with Gasteiger partial charge in [0.2, 0.25) is 0 Å². The number of hydrogen-bond donors (Lipinski definition) is 2. The molecule has 0 heterocycles. The molecule has 0 aromatic heterocycles. The van der Waals surface area contributed by atoms with Crippen LogP contribution in [0.1, 0.15) is 36.8 Å². The van der Waals surface area contributed by atoms with E-state index in [0.29, 0.717) is 5.56 Å². The van der Waals surface area contributed by atoms with Crippen LogP contribution in [0.5, 0.6) is 11.5 Å². The summed E-state index contributed by atoms with van der Waals surface area (Å²) in [5.41, 5.74) is 1.42. The number of benzene rings is 2. The van der Waals surface area contributed by atoms with Gasteiger partial charge in [-0.1, -0.05) is 40.9 Å². The molecule has 0 radical (unpaired) electrons. The minimum atomic E-state index is 0.0919. The van der Waals surface area contributed by atoms with Crippen molar-refractivity contribution >= 4 is 28.4 Å². The van der Waals surface area contributed by atoms with Gasteiger partial charge < -0.3 is 10.2 Å². The molecule has 2 aromatic carbocycles. The number of nitrogens with zero attached hydrogens (tertiary/aromatic N) is 2. The third-order valence-electron chi connectivity index (χ3n) is 4.43. The molecule has 3 rings (SSSR count). The third-order valence-corrected chi connectivity index (χ3v) is 4.92. The highest BCUT2D eigenvalue weighted by Gasteiger charge is 2.23. The molecule has 1 aliphatic rings. The smallest absolute Gasteiger partial charge is 0.124 e. The number of aliphatic imine (C=N–C) groups is 2. The van der Waals surface area contributed by atoms with E-state index in [1.165, 1.54) is 0 Å². The summed E-state index contributed by atoms with van der Waals surface area (Å²) >= 11 is 3.41. The fraction of sp³-hybridized carbons (Fsp3) is 0.300. The lowest BCUT2D eigenvalue weighted by Crippen LogP contribution is -2.27. The molecular weight excluding hydrogens is 380 g/mol. The Morgan fingerprint density at radius 1 is 0.840 bits per heavy atom. The van der Waals surface area contributed by atoms with E-state index in [2.05, 4.69) is 25.9 Å². The lowest BCUT2D eigenvalue weighted by Gasteiger charge is -2.25. The summed E-state index contributed by atoms with van der Waals surface area (Å²) in [4.78, 5) is 9.37. The Labute approximate surface area is 156 Å². The zero-order valence-corrected chi connectivity index (χ0v) is 15.4. The van der Waals surface area contributed by atoms with Crippen LogP contribution in [-0.4, -0.2) is 34.7 Å². The summed E-state index contributed by atoms with van der Waals surface area (Å²) in [5, 5.41) is 19.8. The summed E-state index contributed by atoms with van der Waals surface area (Å²) in [6.07, 6.45) is 7.71. The lowest BCUT2D eigenvalue weighted by molar-refractivity contribution is 0.390. The Morgan fingerprint density at radius 2 is 1.44 bits per heavy atom. The van der Waals surface area contributed by atoms with Crippen LogP contribution in [0.25, 0.3) is 0 Å². The molecule has 0 bridgehead atoms. The standard InChI is InChI=1S/C20H21BrN2O2/c21-16-9-10-20(25)15(11-16)13-23-18-7-3-2-6-17(18)22-12-14-5-1-4-8-19(14)24/h1,4-5,8-13,17-18,24-25H,2-3,6-7H2/t17-,18-/m1/s1. The van der Waals surface area contributed by atoms with Gasteiger partial charge in [0.25, 0.3) is 0 Å². The lowest BCUT2D eigenvalue weighted by atomic mass is 9.91. The van der Waals surface area contributed by atoms with Crippen LogP contribution in [0.15, 0.2) is 56.9 Å². The van der Waals surface area contributed by atoms with E-state index in [4.69, 9.17) is 0 Å². The van der Waals surface area contributed by atoms with Gasteiger partial charge in [-0.05, 0) is 43.2 Å². The average Bonchev–Trinajstić information content (AvgIpc) is 2.62. The second-order valence-electron chi connectivity index (χ2n) is 6.24. The Morgan fingerprint density at radius 3 is 2.12 bits per heavy atom. The fourth-order valence-electron chi connectivity index (χ4n) is 3.02. The molecule has 0 spiro atoms. The van der Waals surface area contributed by atoms with Crippen molar-refractivity contribution in [2.45, 2.75) is 37.8 Å². The molecule has 2 N–H and O–H groups in total. The van der Waals surface area contributed by atoms with Crippen LogP contribution in [-0.2, 0) is 0 Å². The summed E-state index contributed by atoms with van der Waals surface area (Å²) in [5.74, 6) is 0.457. The van der Waals surface area contributed by atoms with Crippen LogP contribution in [0.4, 0.5) is 0 Å². The summed E-state index contributed by atoms with van der Waals surface area (Å²) in [6, 6.07) is 12.7. The molecule has 0 saturated heterocycles. The van der Waals surface area contributed by atoms with Crippen LogP contribution in [0, 0.1) is 0 Å². The number of para-hydroxylation sites is 1. The van der Waals surface area contributed by atoms with Crippen molar-refractivity contribution in [2.24, 2.45) is 9.98 Å². The monoisotopic (exact) mass is 400 g/mol. The van der Waals surface area contributed by atoms with Gasteiger partial charge in [-0.2, -0.15) is 0 Å². The van der Waals surface area contributed by atoms with Gasteiger partial charge in [0.1, 0.15) is 11.5 Å². The molecule has 4 nitrogen and oxygen atoms in total. The highest BCUT2D eigenvalue weighted by Crippen LogP contribution is 2.26. The van der Waals surface area contributed by atoms with E-state index in [-0.39, 0.29) is 23.6 Å². The maximum Gasteiger partial charge on any atom is 0.124 e. The maximum atomic E-state index is 9.94. The average molecular weight is 401 g/mol. The molecule has 2 atom stereocenters. The number of hydrogen-bond acceptors (Lipinski definition) is 4. The van der Waals surface area contributed by atoms with Gasteiger partial charge in [-0.3, -0.25) is 9.98 Å². The van der Waals surface area contributed by atoms with E-state index in [1.54, 1.807) is 36.7 Å². The predicted octanol–water partition coefficient (Wildman–Crippen LogP) is 4.71. The predicted molar refractivity (Wildman–Crippen MR) is 105 cm³/mol. The Kier molecular flexibility index (Phi) is 5.87.